The molecule has 1 aromatic carbocycles. The van der Waals surface area contributed by atoms with Gasteiger partial charge in [-0.25, -0.2) is 4.39 Å². The third-order valence-electron chi connectivity index (χ3n) is 1.58. The highest BCUT2D eigenvalue weighted by Crippen LogP contribution is 2.19. The highest BCUT2D eigenvalue weighted by molar-refractivity contribution is 5.36. The summed E-state index contributed by atoms with van der Waals surface area (Å²) in [6.45, 7) is 1.46. The molecule has 0 atom stereocenters. The summed E-state index contributed by atoms with van der Waals surface area (Å²) in [4.78, 5) is 0. The third-order valence-corrected chi connectivity index (χ3v) is 1.58. The molecule has 1 rings (SSSR count). The Morgan fingerprint density at radius 2 is 2.18 bits per heavy atom. The molecule has 0 saturated carbocycles. The second-order valence-electron chi connectivity index (χ2n) is 2.45. The lowest BCUT2D eigenvalue weighted by atomic mass is 10.1. The van der Waals surface area contributed by atoms with Gasteiger partial charge in [0.25, 0.3) is 0 Å². The third kappa shape index (κ3) is 1.70. The van der Waals surface area contributed by atoms with Crippen LogP contribution in [0.2, 0.25) is 0 Å². The van der Waals surface area contributed by atoms with Gasteiger partial charge >= 0.3 is 0 Å². The molecule has 0 amide bonds. The molecule has 11 heavy (non-hydrogen) atoms. The van der Waals surface area contributed by atoms with Gasteiger partial charge in [0.2, 0.25) is 0 Å². The molecule has 0 radical (unpaired) electrons. The first-order chi connectivity index (χ1) is 5.27. The van der Waals surface area contributed by atoms with Gasteiger partial charge in [0.15, 0.2) is 0 Å². The van der Waals surface area contributed by atoms with Gasteiger partial charge in [-0.1, -0.05) is 11.6 Å². The highest BCUT2D eigenvalue weighted by atomic mass is 19.1. The molecule has 0 heterocycles. The number of aryl methyl sites for hydroxylation is 1. The second-order valence-corrected chi connectivity index (χ2v) is 2.45. The van der Waals surface area contributed by atoms with E-state index in [1.54, 1.807) is 19.2 Å². The van der Waals surface area contributed by atoms with E-state index >= 15 is 0 Å². The van der Waals surface area contributed by atoms with Crippen molar-refractivity contribution in [1.82, 2.24) is 0 Å². The van der Waals surface area contributed by atoms with E-state index in [1.807, 2.05) is 13.0 Å². The van der Waals surface area contributed by atoms with Gasteiger partial charge in [-0.15, -0.1) is 0 Å². The molecule has 1 nitrogen and oxygen atoms in total. The molecule has 0 spiro atoms. The van der Waals surface area contributed by atoms with E-state index in [2.05, 4.69) is 0 Å². The van der Waals surface area contributed by atoms with Crippen molar-refractivity contribution in [3.05, 3.63) is 29.3 Å². The van der Waals surface area contributed by atoms with Crippen LogP contribution >= 0.6 is 0 Å². The van der Waals surface area contributed by atoms with Crippen LogP contribution in [0.4, 0.5) is 4.39 Å². The van der Waals surface area contributed by atoms with Crippen molar-refractivity contribution in [2.24, 2.45) is 0 Å². The number of hydrogen-bond acceptors (Lipinski definition) is 1. The number of rotatable bonds is 2. The maximum atomic E-state index is 12.3. The van der Waals surface area contributed by atoms with Crippen molar-refractivity contribution in [3.63, 3.8) is 0 Å². The predicted octanol–water partition coefficient (Wildman–Crippen LogP) is 2.47. The predicted molar refractivity (Wildman–Crippen MR) is 42.5 cm³/mol. The first-order valence-corrected chi connectivity index (χ1v) is 3.47. The SMILES string of the molecule is COc1ccc(C)cc1CF. The number of benzene rings is 1. The summed E-state index contributed by atoms with van der Waals surface area (Å²) >= 11 is 0. The zero-order valence-corrected chi connectivity index (χ0v) is 6.73. The summed E-state index contributed by atoms with van der Waals surface area (Å²) < 4.78 is 17.2. The van der Waals surface area contributed by atoms with Gasteiger partial charge in [0.05, 0.1) is 7.11 Å². The van der Waals surface area contributed by atoms with Gasteiger partial charge in [-0.3, -0.25) is 0 Å². The van der Waals surface area contributed by atoms with Crippen molar-refractivity contribution in [3.8, 4) is 5.75 Å². The van der Waals surface area contributed by atoms with E-state index in [0.29, 0.717) is 11.3 Å². The molecular weight excluding hydrogens is 143 g/mol. The number of alkyl halides is 1. The number of hydrogen-bond donors (Lipinski definition) is 0. The van der Waals surface area contributed by atoms with Crippen LogP contribution < -0.4 is 4.74 Å². The Hall–Kier alpha value is -1.05. The van der Waals surface area contributed by atoms with Gasteiger partial charge < -0.3 is 4.74 Å². The largest absolute Gasteiger partial charge is 0.496 e. The number of ether oxygens (including phenoxy) is 1. The minimum atomic E-state index is -0.467. The summed E-state index contributed by atoms with van der Waals surface area (Å²) in [5.41, 5.74) is 1.67. The first kappa shape index (κ1) is 8.05. The zero-order valence-electron chi connectivity index (χ0n) is 6.73. The molecular formula is C9H11FO. The molecule has 0 N–H and O–H groups in total. The molecule has 0 aromatic heterocycles. The van der Waals surface area contributed by atoms with Gasteiger partial charge in [0, 0.05) is 5.56 Å². The van der Waals surface area contributed by atoms with Gasteiger partial charge in [-0.2, -0.15) is 0 Å². The fourth-order valence-corrected chi connectivity index (χ4v) is 1.01. The van der Waals surface area contributed by atoms with Crippen LogP contribution in [0.1, 0.15) is 11.1 Å². The molecule has 1 aromatic rings. The summed E-state index contributed by atoms with van der Waals surface area (Å²) in [5.74, 6) is 0.623. The fourth-order valence-electron chi connectivity index (χ4n) is 1.01. The standard InChI is InChI=1S/C9H11FO/c1-7-3-4-9(11-2)8(5-7)6-10/h3-5H,6H2,1-2H3. The quantitative estimate of drug-likeness (QED) is 0.635. The summed E-state index contributed by atoms with van der Waals surface area (Å²) in [7, 11) is 1.55. The highest BCUT2D eigenvalue weighted by Gasteiger charge is 2.00. The zero-order chi connectivity index (χ0) is 8.27. The van der Waals surface area contributed by atoms with Crippen LogP contribution in [-0.4, -0.2) is 7.11 Å². The van der Waals surface area contributed by atoms with Crippen LogP contribution in [0, 0.1) is 6.92 Å². The minimum absolute atomic E-state index is 0.467. The molecule has 0 aliphatic carbocycles. The lowest BCUT2D eigenvalue weighted by Gasteiger charge is -2.04. The van der Waals surface area contributed by atoms with Gasteiger partial charge in [0.1, 0.15) is 12.4 Å². The van der Waals surface area contributed by atoms with E-state index < -0.39 is 6.67 Å². The molecule has 0 aliphatic rings. The lowest BCUT2D eigenvalue weighted by Crippen LogP contribution is -1.89. The van der Waals surface area contributed by atoms with Crippen LogP contribution in [-0.2, 0) is 6.67 Å². The van der Waals surface area contributed by atoms with Crippen molar-refractivity contribution < 1.29 is 9.13 Å². The van der Waals surface area contributed by atoms with E-state index in [4.69, 9.17) is 4.74 Å². The molecule has 0 unspecified atom stereocenters. The van der Waals surface area contributed by atoms with Crippen LogP contribution in [0.5, 0.6) is 5.75 Å². The Balaban J connectivity index is 3.06. The Morgan fingerprint density at radius 1 is 1.45 bits per heavy atom. The Labute approximate surface area is 65.8 Å². The van der Waals surface area contributed by atoms with Crippen molar-refractivity contribution in [2.75, 3.05) is 7.11 Å². The maximum Gasteiger partial charge on any atom is 0.124 e. The molecule has 0 aliphatic heterocycles. The van der Waals surface area contributed by atoms with Crippen molar-refractivity contribution in [2.45, 2.75) is 13.6 Å². The normalized spacial score (nSPS) is 9.73. The van der Waals surface area contributed by atoms with E-state index in [0.717, 1.165) is 5.56 Å². The molecule has 0 fully saturated rings. The Kier molecular flexibility index (Phi) is 2.47. The van der Waals surface area contributed by atoms with E-state index in [-0.39, 0.29) is 0 Å². The molecule has 2 heteroatoms. The monoisotopic (exact) mass is 154 g/mol. The van der Waals surface area contributed by atoms with Crippen LogP contribution in [0.3, 0.4) is 0 Å². The summed E-state index contributed by atoms with van der Waals surface area (Å²) in [6.07, 6.45) is 0. The fraction of sp³-hybridized carbons (Fsp3) is 0.333. The Morgan fingerprint density at radius 3 is 2.73 bits per heavy atom. The Bertz CT molecular complexity index is 245. The van der Waals surface area contributed by atoms with Crippen LogP contribution in [0.15, 0.2) is 18.2 Å². The molecule has 0 saturated heterocycles. The summed E-state index contributed by atoms with van der Waals surface area (Å²) in [6, 6.07) is 5.47. The lowest BCUT2D eigenvalue weighted by molar-refractivity contribution is 0.394. The van der Waals surface area contributed by atoms with Gasteiger partial charge in [-0.05, 0) is 19.1 Å². The molecule has 60 valence electrons. The average Bonchev–Trinajstić information content (AvgIpc) is 2.04. The van der Waals surface area contributed by atoms with Crippen molar-refractivity contribution >= 4 is 0 Å². The second kappa shape index (κ2) is 3.37. The average molecular weight is 154 g/mol. The molecule has 0 bridgehead atoms. The van der Waals surface area contributed by atoms with Crippen molar-refractivity contribution in [1.29, 1.82) is 0 Å². The minimum Gasteiger partial charge on any atom is -0.496 e. The van der Waals surface area contributed by atoms with Crippen LogP contribution in [0.25, 0.3) is 0 Å². The number of halogens is 1. The number of methoxy groups -OCH3 is 1. The van der Waals surface area contributed by atoms with E-state index in [9.17, 15) is 4.39 Å². The topological polar surface area (TPSA) is 9.23 Å². The van der Waals surface area contributed by atoms with E-state index in [1.165, 1.54) is 0 Å². The summed E-state index contributed by atoms with van der Waals surface area (Å²) in [5, 5.41) is 0. The smallest absolute Gasteiger partial charge is 0.124 e. The first-order valence-electron chi connectivity index (χ1n) is 3.47. The maximum absolute atomic E-state index is 12.3.